The number of sulfonamides is 1. The number of hydrogen-bond donors (Lipinski definition) is 1. The Hall–Kier alpha value is -0.590. The fourth-order valence-electron chi connectivity index (χ4n) is 2.66. The van der Waals surface area contributed by atoms with E-state index in [1.54, 1.807) is 18.2 Å². The molecule has 21 heavy (non-hydrogen) atoms. The molecule has 4 nitrogen and oxygen atoms in total. The number of benzene rings is 1. The Kier molecular flexibility index (Phi) is 5.00. The second-order valence-electron chi connectivity index (χ2n) is 6.35. The van der Waals surface area contributed by atoms with E-state index in [1.165, 1.54) is 7.11 Å². The molecule has 0 aliphatic heterocycles. The van der Waals surface area contributed by atoms with Gasteiger partial charge in [-0.25, -0.2) is 13.1 Å². The molecule has 118 valence electrons. The van der Waals surface area contributed by atoms with Gasteiger partial charge >= 0.3 is 0 Å². The fraction of sp³-hybridized carbons (Fsp3) is 0.600. The smallest absolute Gasteiger partial charge is 0.244 e. The molecule has 0 saturated heterocycles. The van der Waals surface area contributed by atoms with Crippen LogP contribution in [-0.4, -0.2) is 21.6 Å². The van der Waals surface area contributed by atoms with Crippen LogP contribution in [0.3, 0.4) is 0 Å². The maximum Gasteiger partial charge on any atom is 0.244 e. The first-order valence-corrected chi connectivity index (χ1v) is 9.37. The van der Waals surface area contributed by atoms with Crippen molar-refractivity contribution in [2.45, 2.75) is 50.5 Å². The highest BCUT2D eigenvalue weighted by Gasteiger charge is 2.30. The average molecular weight is 376 g/mol. The normalized spacial score (nSPS) is 19.4. The van der Waals surface area contributed by atoms with Gasteiger partial charge in [0.05, 0.1) is 7.11 Å². The van der Waals surface area contributed by atoms with Crippen molar-refractivity contribution in [2.75, 3.05) is 7.11 Å². The number of rotatable bonds is 4. The van der Waals surface area contributed by atoms with Crippen LogP contribution in [-0.2, 0) is 10.0 Å². The van der Waals surface area contributed by atoms with Gasteiger partial charge in [-0.15, -0.1) is 0 Å². The second kappa shape index (κ2) is 6.26. The van der Waals surface area contributed by atoms with Crippen LogP contribution in [0.25, 0.3) is 0 Å². The van der Waals surface area contributed by atoms with Crippen LogP contribution in [0.4, 0.5) is 0 Å². The lowest BCUT2D eigenvalue weighted by atomic mass is 9.76. The lowest BCUT2D eigenvalue weighted by Gasteiger charge is -2.34. The maximum absolute atomic E-state index is 12.6. The molecule has 0 bridgehead atoms. The molecule has 1 fully saturated rings. The molecule has 0 aromatic heterocycles. The van der Waals surface area contributed by atoms with Crippen LogP contribution in [0.15, 0.2) is 27.6 Å². The van der Waals surface area contributed by atoms with Gasteiger partial charge in [0.2, 0.25) is 10.0 Å². The van der Waals surface area contributed by atoms with E-state index < -0.39 is 10.0 Å². The lowest BCUT2D eigenvalue weighted by Crippen LogP contribution is -2.39. The molecular formula is C15H22BrNO3S. The summed E-state index contributed by atoms with van der Waals surface area (Å²) in [5, 5.41) is 0. The number of halogens is 1. The van der Waals surface area contributed by atoms with E-state index in [4.69, 9.17) is 4.74 Å². The summed E-state index contributed by atoms with van der Waals surface area (Å²) in [5.41, 5.74) is 0.315. The minimum absolute atomic E-state index is 0.00622. The van der Waals surface area contributed by atoms with Gasteiger partial charge in [0.25, 0.3) is 0 Å². The highest BCUT2D eigenvalue weighted by atomic mass is 79.9. The van der Waals surface area contributed by atoms with Crippen molar-refractivity contribution < 1.29 is 13.2 Å². The molecule has 0 amide bonds. The highest BCUT2D eigenvalue weighted by Crippen LogP contribution is 2.36. The summed E-state index contributed by atoms with van der Waals surface area (Å²) in [6.07, 6.45) is 3.83. The van der Waals surface area contributed by atoms with Crippen LogP contribution >= 0.6 is 15.9 Å². The summed E-state index contributed by atoms with van der Waals surface area (Å²) in [6, 6.07) is 5.00. The van der Waals surface area contributed by atoms with Gasteiger partial charge in [-0.05, 0) is 49.3 Å². The average Bonchev–Trinajstić information content (AvgIpc) is 2.41. The molecule has 1 N–H and O–H groups in total. The third-order valence-electron chi connectivity index (χ3n) is 4.08. The van der Waals surface area contributed by atoms with Crippen LogP contribution in [0, 0.1) is 5.41 Å². The van der Waals surface area contributed by atoms with Gasteiger partial charge in [-0.3, -0.25) is 0 Å². The van der Waals surface area contributed by atoms with Crippen molar-refractivity contribution in [2.24, 2.45) is 5.41 Å². The van der Waals surface area contributed by atoms with E-state index in [-0.39, 0.29) is 10.9 Å². The first kappa shape index (κ1) is 16.8. The monoisotopic (exact) mass is 375 g/mol. The van der Waals surface area contributed by atoms with Gasteiger partial charge in [0.15, 0.2) is 0 Å². The maximum atomic E-state index is 12.6. The van der Waals surface area contributed by atoms with E-state index in [9.17, 15) is 8.42 Å². The zero-order chi connectivity index (χ0) is 15.7. The molecule has 1 saturated carbocycles. The van der Waals surface area contributed by atoms with E-state index in [0.29, 0.717) is 15.6 Å². The van der Waals surface area contributed by atoms with E-state index in [0.717, 1.165) is 25.7 Å². The molecule has 1 aromatic rings. The standard InChI is InChI=1S/C15H22BrNO3S/c1-15(2)8-6-12(7-9-15)17-21(18,19)14-10-11(16)4-5-13(14)20-3/h4-5,10,12,17H,6-9H2,1-3H3. The molecule has 0 heterocycles. The third kappa shape index (κ3) is 4.20. The third-order valence-corrected chi connectivity index (χ3v) is 6.11. The Morgan fingerprint density at radius 3 is 2.48 bits per heavy atom. The fourth-order valence-corrected chi connectivity index (χ4v) is 4.67. The summed E-state index contributed by atoms with van der Waals surface area (Å²) in [5.74, 6) is 0.363. The number of methoxy groups -OCH3 is 1. The Morgan fingerprint density at radius 1 is 1.29 bits per heavy atom. The molecule has 1 aromatic carbocycles. The van der Waals surface area contributed by atoms with Crippen LogP contribution in [0.1, 0.15) is 39.5 Å². The highest BCUT2D eigenvalue weighted by molar-refractivity contribution is 9.10. The van der Waals surface area contributed by atoms with Crippen molar-refractivity contribution in [3.05, 3.63) is 22.7 Å². The summed E-state index contributed by atoms with van der Waals surface area (Å²) in [7, 11) is -2.09. The van der Waals surface area contributed by atoms with Gasteiger partial charge in [-0.2, -0.15) is 0 Å². The molecule has 1 aliphatic carbocycles. The van der Waals surface area contributed by atoms with Crippen LogP contribution in [0.5, 0.6) is 5.75 Å². The SMILES string of the molecule is COc1ccc(Br)cc1S(=O)(=O)NC1CCC(C)(C)CC1. The second-order valence-corrected chi connectivity index (χ2v) is 8.95. The van der Waals surface area contributed by atoms with Gasteiger partial charge in [0, 0.05) is 10.5 Å². The van der Waals surface area contributed by atoms with Crippen LogP contribution in [0.2, 0.25) is 0 Å². The molecule has 0 radical (unpaired) electrons. The van der Waals surface area contributed by atoms with Crippen LogP contribution < -0.4 is 9.46 Å². The molecule has 0 atom stereocenters. The first-order chi connectivity index (χ1) is 9.73. The lowest BCUT2D eigenvalue weighted by molar-refractivity contribution is 0.218. The van der Waals surface area contributed by atoms with Crippen molar-refractivity contribution in [1.82, 2.24) is 4.72 Å². The predicted octanol–water partition coefficient (Wildman–Crippen LogP) is 3.70. The summed E-state index contributed by atoms with van der Waals surface area (Å²) in [4.78, 5) is 0.184. The molecule has 2 rings (SSSR count). The van der Waals surface area contributed by atoms with E-state index in [2.05, 4.69) is 34.5 Å². The van der Waals surface area contributed by atoms with E-state index >= 15 is 0 Å². The molecule has 0 spiro atoms. The topological polar surface area (TPSA) is 55.4 Å². The minimum Gasteiger partial charge on any atom is -0.495 e. The Bertz CT molecular complexity index is 603. The Balaban J connectivity index is 2.18. The van der Waals surface area contributed by atoms with Crippen molar-refractivity contribution >= 4 is 26.0 Å². The first-order valence-electron chi connectivity index (χ1n) is 7.09. The van der Waals surface area contributed by atoms with Gasteiger partial charge < -0.3 is 4.74 Å². The molecule has 0 unspecified atom stereocenters. The Labute approximate surface area is 135 Å². The molecule has 1 aliphatic rings. The summed E-state index contributed by atoms with van der Waals surface area (Å²) >= 11 is 3.31. The molecular weight excluding hydrogens is 354 g/mol. The van der Waals surface area contributed by atoms with Gasteiger partial charge in [-0.1, -0.05) is 29.8 Å². The number of ether oxygens (including phenoxy) is 1. The van der Waals surface area contributed by atoms with Crippen molar-refractivity contribution in [3.8, 4) is 5.75 Å². The van der Waals surface area contributed by atoms with Crippen molar-refractivity contribution in [1.29, 1.82) is 0 Å². The summed E-state index contributed by atoms with van der Waals surface area (Å²) in [6.45, 7) is 4.46. The minimum atomic E-state index is -3.57. The molecule has 6 heteroatoms. The van der Waals surface area contributed by atoms with Gasteiger partial charge in [0.1, 0.15) is 10.6 Å². The predicted molar refractivity (Wildman–Crippen MR) is 87.1 cm³/mol. The quantitative estimate of drug-likeness (QED) is 0.872. The van der Waals surface area contributed by atoms with E-state index in [1.807, 2.05) is 0 Å². The number of nitrogens with one attached hydrogen (secondary N) is 1. The largest absolute Gasteiger partial charge is 0.495 e. The summed E-state index contributed by atoms with van der Waals surface area (Å²) < 4.78 is 33.9. The number of hydrogen-bond acceptors (Lipinski definition) is 3. The Morgan fingerprint density at radius 2 is 1.90 bits per heavy atom. The zero-order valence-electron chi connectivity index (χ0n) is 12.6. The zero-order valence-corrected chi connectivity index (χ0v) is 15.1. The van der Waals surface area contributed by atoms with Crippen molar-refractivity contribution in [3.63, 3.8) is 0 Å².